The minimum Gasteiger partial charge on any atom is -0.395 e. The monoisotopic (exact) mass is 250 g/mol. The second kappa shape index (κ2) is 7.13. The molecule has 0 aliphatic carbocycles. The average Bonchev–Trinajstić information content (AvgIpc) is 2.38. The van der Waals surface area contributed by atoms with Crippen molar-refractivity contribution in [3.05, 3.63) is 30.3 Å². The molecule has 0 fully saturated rings. The number of aliphatic hydroxyl groups is 1. The number of anilines is 1. The molecule has 1 unspecified atom stereocenters. The van der Waals surface area contributed by atoms with Gasteiger partial charge in [0.25, 0.3) is 0 Å². The molecule has 18 heavy (non-hydrogen) atoms. The first kappa shape index (κ1) is 14.7. The molecule has 0 spiro atoms. The second-order valence-corrected chi connectivity index (χ2v) is 4.64. The number of rotatable bonds is 6. The van der Waals surface area contributed by atoms with Crippen molar-refractivity contribution >= 4 is 11.6 Å². The number of aliphatic hydroxyl groups excluding tert-OH is 1. The fraction of sp³-hybridized carbons (Fsp3) is 0.500. The number of hydrogen-bond donors (Lipinski definition) is 2. The van der Waals surface area contributed by atoms with Gasteiger partial charge in [-0.15, -0.1) is 0 Å². The molecule has 0 saturated heterocycles. The third kappa shape index (κ3) is 4.47. The first-order valence-corrected chi connectivity index (χ1v) is 6.23. The fourth-order valence-corrected chi connectivity index (χ4v) is 1.79. The summed E-state index contributed by atoms with van der Waals surface area (Å²) >= 11 is 0. The zero-order valence-corrected chi connectivity index (χ0v) is 11.3. The highest BCUT2D eigenvalue weighted by Crippen LogP contribution is 2.12. The van der Waals surface area contributed by atoms with Crippen LogP contribution in [0.2, 0.25) is 0 Å². The molecule has 100 valence electrons. The van der Waals surface area contributed by atoms with Crippen LogP contribution in [0.1, 0.15) is 20.3 Å². The van der Waals surface area contributed by atoms with Crippen molar-refractivity contribution in [3.63, 3.8) is 0 Å². The number of para-hydroxylation sites is 1. The molecule has 1 rings (SSSR count). The van der Waals surface area contributed by atoms with E-state index in [2.05, 4.69) is 5.32 Å². The molecule has 0 aliphatic rings. The van der Waals surface area contributed by atoms with Gasteiger partial charge in [-0.05, 0) is 26.0 Å². The van der Waals surface area contributed by atoms with Gasteiger partial charge in [0, 0.05) is 31.2 Å². The van der Waals surface area contributed by atoms with E-state index in [-0.39, 0.29) is 24.6 Å². The van der Waals surface area contributed by atoms with E-state index in [1.54, 1.807) is 11.9 Å². The Balaban J connectivity index is 2.50. The molecule has 4 nitrogen and oxygen atoms in total. The Hall–Kier alpha value is -1.39. The Labute approximate surface area is 109 Å². The first-order valence-electron chi connectivity index (χ1n) is 6.23. The predicted octanol–water partition coefficient (Wildman–Crippen LogP) is 1.40. The van der Waals surface area contributed by atoms with Gasteiger partial charge in [-0.1, -0.05) is 18.2 Å². The van der Waals surface area contributed by atoms with E-state index in [1.807, 2.05) is 44.2 Å². The Morgan fingerprint density at radius 2 is 1.89 bits per heavy atom. The summed E-state index contributed by atoms with van der Waals surface area (Å²) in [6, 6.07) is 9.62. The Bertz CT molecular complexity index is 367. The number of hydrogen-bond acceptors (Lipinski definition) is 3. The van der Waals surface area contributed by atoms with E-state index >= 15 is 0 Å². The highest BCUT2D eigenvalue weighted by molar-refractivity contribution is 5.93. The maximum Gasteiger partial charge on any atom is 0.228 e. The molecule has 1 aromatic rings. The van der Waals surface area contributed by atoms with Crippen molar-refractivity contribution in [1.82, 2.24) is 5.32 Å². The molecule has 2 N–H and O–H groups in total. The summed E-state index contributed by atoms with van der Waals surface area (Å²) in [6.07, 6.45) is 0.412. The lowest BCUT2D eigenvalue weighted by Crippen LogP contribution is -2.40. The number of nitrogens with zero attached hydrogens (tertiary/aromatic N) is 1. The number of nitrogens with one attached hydrogen (secondary N) is 1. The number of carbonyl (C=O) groups excluding carboxylic acids is 1. The second-order valence-electron chi connectivity index (χ2n) is 4.64. The largest absolute Gasteiger partial charge is 0.395 e. The van der Waals surface area contributed by atoms with Crippen LogP contribution in [0.25, 0.3) is 0 Å². The summed E-state index contributed by atoms with van der Waals surface area (Å²) in [5.41, 5.74) is 0.893. The predicted molar refractivity (Wildman–Crippen MR) is 73.6 cm³/mol. The van der Waals surface area contributed by atoms with Gasteiger partial charge in [-0.25, -0.2) is 0 Å². The normalized spacial score (nSPS) is 14.0. The molecular weight excluding hydrogens is 228 g/mol. The highest BCUT2D eigenvalue weighted by atomic mass is 16.3. The van der Waals surface area contributed by atoms with Crippen molar-refractivity contribution < 1.29 is 9.90 Å². The van der Waals surface area contributed by atoms with Gasteiger partial charge in [0.15, 0.2) is 0 Å². The van der Waals surface area contributed by atoms with Crippen molar-refractivity contribution in [2.24, 2.45) is 0 Å². The summed E-state index contributed by atoms with van der Waals surface area (Å²) in [5, 5.41) is 12.1. The number of benzene rings is 1. The van der Waals surface area contributed by atoms with Crippen LogP contribution >= 0.6 is 0 Å². The number of carbonyl (C=O) groups is 1. The molecule has 2 atom stereocenters. The van der Waals surface area contributed by atoms with Gasteiger partial charge < -0.3 is 15.3 Å². The molecule has 0 heterocycles. The van der Waals surface area contributed by atoms with E-state index in [9.17, 15) is 4.79 Å². The van der Waals surface area contributed by atoms with Crippen LogP contribution in [0.4, 0.5) is 5.69 Å². The molecule has 0 aromatic heterocycles. The van der Waals surface area contributed by atoms with Crippen molar-refractivity contribution in [2.45, 2.75) is 32.4 Å². The van der Waals surface area contributed by atoms with Gasteiger partial charge >= 0.3 is 0 Å². The molecule has 0 saturated carbocycles. The van der Waals surface area contributed by atoms with E-state index < -0.39 is 0 Å². The smallest absolute Gasteiger partial charge is 0.228 e. The van der Waals surface area contributed by atoms with E-state index in [0.29, 0.717) is 6.42 Å². The van der Waals surface area contributed by atoms with Gasteiger partial charge in [-0.2, -0.15) is 0 Å². The first-order chi connectivity index (χ1) is 8.54. The maximum atomic E-state index is 12.0. The molecular formula is C14H22N2O2. The fourth-order valence-electron chi connectivity index (χ4n) is 1.79. The van der Waals surface area contributed by atoms with Crippen LogP contribution in [0.5, 0.6) is 0 Å². The maximum absolute atomic E-state index is 12.0. The minimum atomic E-state index is 0.00910. The van der Waals surface area contributed by atoms with Crippen molar-refractivity contribution in [1.29, 1.82) is 0 Å². The van der Waals surface area contributed by atoms with Crippen molar-refractivity contribution in [2.75, 3.05) is 18.6 Å². The van der Waals surface area contributed by atoms with Gasteiger partial charge in [0.1, 0.15) is 0 Å². The summed E-state index contributed by atoms with van der Waals surface area (Å²) in [7, 11) is 1.78. The summed E-state index contributed by atoms with van der Waals surface area (Å²) in [5.74, 6) is 0.0614. The van der Waals surface area contributed by atoms with E-state index in [4.69, 9.17) is 5.11 Å². The third-order valence-electron chi connectivity index (χ3n) is 2.84. The van der Waals surface area contributed by atoms with Crippen LogP contribution < -0.4 is 10.2 Å². The number of amides is 1. The Kier molecular flexibility index (Phi) is 5.82. The van der Waals surface area contributed by atoms with Gasteiger partial charge in [0.2, 0.25) is 5.91 Å². The summed E-state index contributed by atoms with van der Waals surface area (Å²) in [6.45, 7) is 3.91. The Morgan fingerprint density at radius 1 is 1.28 bits per heavy atom. The van der Waals surface area contributed by atoms with Crippen molar-refractivity contribution in [3.8, 4) is 0 Å². The van der Waals surface area contributed by atoms with E-state index in [0.717, 1.165) is 5.69 Å². The standard InChI is InChI=1S/C14H22N2O2/c1-11(15-12(2)10-17)9-14(18)16(3)13-7-5-4-6-8-13/h4-8,11-12,15,17H,9-10H2,1-3H3/t11?,12-/m1/s1. The zero-order chi connectivity index (χ0) is 13.5. The van der Waals surface area contributed by atoms with E-state index in [1.165, 1.54) is 0 Å². The third-order valence-corrected chi connectivity index (χ3v) is 2.84. The van der Waals surface area contributed by atoms with Gasteiger partial charge in [0.05, 0.1) is 6.61 Å². The molecule has 4 heteroatoms. The van der Waals surface area contributed by atoms with Gasteiger partial charge in [-0.3, -0.25) is 4.79 Å². The Morgan fingerprint density at radius 3 is 2.44 bits per heavy atom. The molecule has 1 amide bonds. The minimum absolute atomic E-state index is 0.00910. The van der Waals surface area contributed by atoms with Crippen LogP contribution in [0.3, 0.4) is 0 Å². The SMILES string of the molecule is CC(CC(=O)N(C)c1ccccc1)N[C@H](C)CO. The molecule has 0 radical (unpaired) electrons. The summed E-state index contributed by atoms with van der Waals surface area (Å²) < 4.78 is 0. The summed E-state index contributed by atoms with van der Waals surface area (Å²) in [4.78, 5) is 13.7. The quantitative estimate of drug-likeness (QED) is 0.802. The average molecular weight is 250 g/mol. The lowest BCUT2D eigenvalue weighted by atomic mass is 10.2. The molecule has 0 bridgehead atoms. The van der Waals surface area contributed by atoms with Crippen LogP contribution in [-0.4, -0.2) is 36.8 Å². The van der Waals surface area contributed by atoms with Crippen LogP contribution in [0.15, 0.2) is 30.3 Å². The molecule has 0 aliphatic heterocycles. The lowest BCUT2D eigenvalue weighted by Gasteiger charge is -2.22. The highest BCUT2D eigenvalue weighted by Gasteiger charge is 2.15. The van der Waals surface area contributed by atoms with Crippen LogP contribution in [-0.2, 0) is 4.79 Å². The topological polar surface area (TPSA) is 52.6 Å². The molecule has 1 aromatic carbocycles. The zero-order valence-electron chi connectivity index (χ0n) is 11.3. The lowest BCUT2D eigenvalue weighted by molar-refractivity contribution is -0.118. The van der Waals surface area contributed by atoms with Crippen LogP contribution in [0, 0.1) is 0 Å².